The Morgan fingerprint density at radius 2 is 2.06 bits per heavy atom. The van der Waals surface area contributed by atoms with Crippen LogP contribution in [0.1, 0.15) is 5.56 Å². The van der Waals surface area contributed by atoms with Gasteiger partial charge in [0.2, 0.25) is 11.9 Å². The van der Waals surface area contributed by atoms with E-state index in [0.29, 0.717) is 0 Å². The average molecular weight is 258 g/mol. The van der Waals surface area contributed by atoms with Crippen LogP contribution in [0.25, 0.3) is 5.82 Å². The van der Waals surface area contributed by atoms with Gasteiger partial charge >= 0.3 is 6.18 Å². The van der Waals surface area contributed by atoms with E-state index in [4.69, 9.17) is 5.73 Å². The number of hydrogen-bond donors (Lipinski definition) is 2. The Hall–Kier alpha value is -2.32. The van der Waals surface area contributed by atoms with Gasteiger partial charge in [-0.15, -0.1) is 5.10 Å². The molecule has 6 nitrogen and oxygen atoms in total. The lowest BCUT2D eigenvalue weighted by atomic mass is 10.3. The second-order valence-corrected chi connectivity index (χ2v) is 3.36. The summed E-state index contributed by atoms with van der Waals surface area (Å²) in [6.45, 7) is 0. The molecule has 3 N–H and O–H groups in total. The van der Waals surface area contributed by atoms with E-state index in [-0.39, 0.29) is 17.7 Å². The van der Waals surface area contributed by atoms with Gasteiger partial charge in [0.15, 0.2) is 5.82 Å². The molecule has 96 valence electrons. The van der Waals surface area contributed by atoms with E-state index in [9.17, 15) is 13.2 Å². The Bertz CT molecular complexity index is 544. The van der Waals surface area contributed by atoms with Crippen molar-refractivity contribution in [2.45, 2.75) is 6.18 Å². The number of halogens is 3. The van der Waals surface area contributed by atoms with Crippen molar-refractivity contribution in [3.63, 3.8) is 0 Å². The van der Waals surface area contributed by atoms with Gasteiger partial charge in [0.25, 0.3) is 0 Å². The van der Waals surface area contributed by atoms with E-state index in [1.54, 1.807) is 7.05 Å². The molecule has 9 heteroatoms. The summed E-state index contributed by atoms with van der Waals surface area (Å²) < 4.78 is 38.2. The molecule has 0 saturated carbocycles. The largest absolute Gasteiger partial charge is 0.417 e. The molecular formula is C9H9F3N6. The summed E-state index contributed by atoms with van der Waals surface area (Å²) in [4.78, 5) is 7.49. The van der Waals surface area contributed by atoms with E-state index in [1.807, 2.05) is 0 Å². The van der Waals surface area contributed by atoms with Crippen molar-refractivity contribution in [2.24, 2.45) is 0 Å². The molecule has 2 aromatic heterocycles. The third-order valence-corrected chi connectivity index (χ3v) is 2.15. The highest BCUT2D eigenvalue weighted by atomic mass is 19.4. The van der Waals surface area contributed by atoms with E-state index < -0.39 is 11.7 Å². The fourth-order valence-corrected chi connectivity index (χ4v) is 1.28. The fraction of sp³-hybridized carbons (Fsp3) is 0.222. The third kappa shape index (κ3) is 2.19. The summed E-state index contributed by atoms with van der Waals surface area (Å²) in [5, 5.41) is 6.58. The molecule has 0 aromatic carbocycles. The molecule has 18 heavy (non-hydrogen) atoms. The molecule has 0 amide bonds. The predicted molar refractivity (Wildman–Crippen MR) is 58.1 cm³/mol. The van der Waals surface area contributed by atoms with Crippen molar-refractivity contribution in [2.75, 3.05) is 18.1 Å². The Morgan fingerprint density at radius 3 is 2.50 bits per heavy atom. The summed E-state index contributed by atoms with van der Waals surface area (Å²) in [6, 6.07) is 2.08. The molecule has 0 unspecified atom stereocenters. The summed E-state index contributed by atoms with van der Waals surface area (Å²) >= 11 is 0. The van der Waals surface area contributed by atoms with Gasteiger partial charge in [0.1, 0.15) is 0 Å². The van der Waals surface area contributed by atoms with E-state index >= 15 is 0 Å². The summed E-state index contributed by atoms with van der Waals surface area (Å²) in [6.07, 6.45) is -3.70. The fourth-order valence-electron chi connectivity index (χ4n) is 1.28. The number of pyridine rings is 1. The summed E-state index contributed by atoms with van der Waals surface area (Å²) in [5.41, 5.74) is 4.73. The number of rotatable bonds is 2. The van der Waals surface area contributed by atoms with Gasteiger partial charge in [-0.25, -0.2) is 4.98 Å². The molecule has 0 aliphatic heterocycles. The van der Waals surface area contributed by atoms with Crippen LogP contribution in [0.5, 0.6) is 0 Å². The Labute approximate surface area is 99.7 Å². The van der Waals surface area contributed by atoms with Crippen molar-refractivity contribution >= 4 is 11.9 Å². The van der Waals surface area contributed by atoms with Crippen molar-refractivity contribution in [3.05, 3.63) is 23.9 Å². The number of nitrogens with zero attached hydrogens (tertiary/aromatic N) is 4. The van der Waals surface area contributed by atoms with E-state index in [0.717, 1.165) is 16.9 Å². The van der Waals surface area contributed by atoms with Crippen molar-refractivity contribution in [1.82, 2.24) is 19.7 Å². The number of nitrogens with two attached hydrogens (primary N) is 1. The number of alkyl halides is 3. The zero-order chi connectivity index (χ0) is 13.3. The highest BCUT2D eigenvalue weighted by Gasteiger charge is 2.30. The molecular weight excluding hydrogens is 249 g/mol. The monoisotopic (exact) mass is 258 g/mol. The van der Waals surface area contributed by atoms with Crippen LogP contribution in [0.15, 0.2) is 18.3 Å². The maximum atomic E-state index is 12.4. The van der Waals surface area contributed by atoms with Crippen molar-refractivity contribution in [1.29, 1.82) is 0 Å². The lowest BCUT2D eigenvalue weighted by Crippen LogP contribution is -2.08. The van der Waals surface area contributed by atoms with E-state index in [1.165, 1.54) is 6.07 Å². The highest BCUT2D eigenvalue weighted by molar-refractivity contribution is 5.38. The minimum Gasteiger partial charge on any atom is -0.368 e. The molecule has 0 saturated heterocycles. The average Bonchev–Trinajstić information content (AvgIpc) is 2.70. The highest BCUT2D eigenvalue weighted by Crippen LogP contribution is 2.28. The second kappa shape index (κ2) is 4.17. The normalized spacial score (nSPS) is 11.6. The van der Waals surface area contributed by atoms with Gasteiger partial charge in [0.05, 0.1) is 5.56 Å². The number of aromatic nitrogens is 4. The van der Waals surface area contributed by atoms with Crippen LogP contribution >= 0.6 is 0 Å². The first-order valence-electron chi connectivity index (χ1n) is 4.85. The van der Waals surface area contributed by atoms with Crippen LogP contribution in [0.3, 0.4) is 0 Å². The molecule has 2 aromatic rings. The maximum Gasteiger partial charge on any atom is 0.417 e. The Balaban J connectivity index is 2.37. The summed E-state index contributed by atoms with van der Waals surface area (Å²) in [5.74, 6) is 0.454. The van der Waals surface area contributed by atoms with Gasteiger partial charge < -0.3 is 11.1 Å². The number of nitrogens with one attached hydrogen (secondary N) is 1. The lowest BCUT2D eigenvalue weighted by molar-refractivity contribution is -0.137. The van der Waals surface area contributed by atoms with Gasteiger partial charge in [-0.1, -0.05) is 0 Å². The molecule has 0 aliphatic rings. The SMILES string of the molecule is CNc1nc(N)n(-c2ccc(C(F)(F)F)cn2)n1. The van der Waals surface area contributed by atoms with Crippen LogP contribution < -0.4 is 11.1 Å². The van der Waals surface area contributed by atoms with Gasteiger partial charge in [-0.05, 0) is 12.1 Å². The molecule has 0 fully saturated rings. The van der Waals surface area contributed by atoms with Crippen molar-refractivity contribution in [3.8, 4) is 5.82 Å². The minimum atomic E-state index is -4.42. The predicted octanol–water partition coefficient (Wildman–Crippen LogP) is 1.30. The quantitative estimate of drug-likeness (QED) is 0.848. The standard InChI is InChI=1S/C9H9F3N6/c1-14-8-16-7(13)18(17-8)6-3-2-5(4-15-6)9(10,11)12/h2-4H,1H3,(H3,13,14,16,17). The zero-order valence-corrected chi connectivity index (χ0v) is 9.23. The Morgan fingerprint density at radius 1 is 1.33 bits per heavy atom. The molecule has 2 heterocycles. The van der Waals surface area contributed by atoms with Gasteiger partial charge in [0, 0.05) is 13.2 Å². The second-order valence-electron chi connectivity index (χ2n) is 3.36. The number of nitrogen functional groups attached to an aromatic ring is 1. The van der Waals surface area contributed by atoms with Crippen LogP contribution in [0.4, 0.5) is 25.1 Å². The molecule has 0 radical (unpaired) electrons. The first-order chi connectivity index (χ1) is 8.41. The summed E-state index contributed by atoms with van der Waals surface area (Å²) in [7, 11) is 1.60. The van der Waals surface area contributed by atoms with Crippen LogP contribution in [-0.4, -0.2) is 26.8 Å². The molecule has 0 aliphatic carbocycles. The van der Waals surface area contributed by atoms with Crippen LogP contribution in [0.2, 0.25) is 0 Å². The third-order valence-electron chi connectivity index (χ3n) is 2.15. The first kappa shape index (κ1) is 12.1. The first-order valence-corrected chi connectivity index (χ1v) is 4.85. The molecule has 0 spiro atoms. The minimum absolute atomic E-state index is 0.0339. The Kier molecular flexibility index (Phi) is 2.81. The van der Waals surface area contributed by atoms with E-state index in [2.05, 4.69) is 20.4 Å². The van der Waals surface area contributed by atoms with Crippen LogP contribution in [-0.2, 0) is 6.18 Å². The number of hydrogen-bond acceptors (Lipinski definition) is 5. The lowest BCUT2D eigenvalue weighted by Gasteiger charge is -2.06. The van der Waals surface area contributed by atoms with Gasteiger partial charge in [-0.2, -0.15) is 22.8 Å². The molecule has 0 bridgehead atoms. The maximum absolute atomic E-state index is 12.4. The molecule has 0 atom stereocenters. The van der Waals surface area contributed by atoms with Crippen molar-refractivity contribution < 1.29 is 13.2 Å². The molecule has 2 rings (SSSR count). The van der Waals surface area contributed by atoms with Crippen LogP contribution in [0, 0.1) is 0 Å². The smallest absolute Gasteiger partial charge is 0.368 e. The zero-order valence-electron chi connectivity index (χ0n) is 9.23. The number of anilines is 2. The topological polar surface area (TPSA) is 81.6 Å². The van der Waals surface area contributed by atoms with Gasteiger partial charge in [-0.3, -0.25) is 0 Å².